The van der Waals surface area contributed by atoms with E-state index in [9.17, 15) is 9.59 Å². The monoisotopic (exact) mass is 292 g/mol. The highest BCUT2D eigenvalue weighted by molar-refractivity contribution is 5.87. The molecule has 2 atom stereocenters. The van der Waals surface area contributed by atoms with E-state index in [1.807, 2.05) is 6.07 Å². The van der Waals surface area contributed by atoms with Crippen molar-refractivity contribution >= 4 is 11.8 Å². The molecule has 6 nitrogen and oxygen atoms in total. The quantitative estimate of drug-likeness (QED) is 0.877. The van der Waals surface area contributed by atoms with Crippen molar-refractivity contribution in [3.8, 4) is 0 Å². The van der Waals surface area contributed by atoms with Crippen LogP contribution in [0.15, 0.2) is 18.3 Å². The van der Waals surface area contributed by atoms with Crippen molar-refractivity contribution in [2.24, 2.45) is 0 Å². The third-order valence-electron chi connectivity index (χ3n) is 4.00. The summed E-state index contributed by atoms with van der Waals surface area (Å²) in [4.78, 5) is 27.5. The Balaban J connectivity index is 1.91. The number of hydrogen-bond donors (Lipinski definition) is 1. The van der Waals surface area contributed by atoms with E-state index in [0.29, 0.717) is 6.54 Å². The van der Waals surface area contributed by atoms with E-state index in [2.05, 4.69) is 34.0 Å². The molecule has 2 amide bonds. The zero-order chi connectivity index (χ0) is 15.6. The van der Waals surface area contributed by atoms with Crippen molar-refractivity contribution in [1.82, 2.24) is 19.7 Å². The normalized spacial score (nSPS) is 19.7. The average molecular weight is 292 g/mol. The van der Waals surface area contributed by atoms with E-state index in [0.717, 1.165) is 13.1 Å². The second-order valence-corrected chi connectivity index (χ2v) is 5.79. The molecule has 1 N–H and O–H groups in total. The molecule has 1 aromatic rings. The zero-order valence-corrected chi connectivity index (χ0v) is 13.2. The molecule has 0 spiro atoms. The minimum Gasteiger partial charge on any atom is -0.349 e. The molecule has 0 aromatic carbocycles. The molecule has 0 fully saturated rings. The molecular formula is C15H24N4O2. The fraction of sp³-hybridized carbons (Fsp3) is 0.600. The summed E-state index contributed by atoms with van der Waals surface area (Å²) in [5.74, 6) is -0.200. The molecule has 0 bridgehead atoms. The highest BCUT2D eigenvalue weighted by atomic mass is 16.2. The van der Waals surface area contributed by atoms with Gasteiger partial charge in [-0.2, -0.15) is 0 Å². The molecule has 0 radical (unpaired) electrons. The molecule has 21 heavy (non-hydrogen) atoms. The number of aromatic nitrogens is 1. The van der Waals surface area contributed by atoms with Crippen LogP contribution < -0.4 is 5.32 Å². The van der Waals surface area contributed by atoms with Gasteiger partial charge in [0.15, 0.2) is 0 Å². The Morgan fingerprint density at radius 1 is 1.43 bits per heavy atom. The predicted molar refractivity (Wildman–Crippen MR) is 80.7 cm³/mol. The zero-order valence-electron chi connectivity index (χ0n) is 13.2. The van der Waals surface area contributed by atoms with Gasteiger partial charge in [-0.05, 0) is 26.0 Å². The Morgan fingerprint density at radius 3 is 2.81 bits per heavy atom. The lowest BCUT2D eigenvalue weighted by atomic mass is 10.1. The minimum atomic E-state index is -0.489. The van der Waals surface area contributed by atoms with Gasteiger partial charge in [-0.1, -0.05) is 0 Å². The van der Waals surface area contributed by atoms with Crippen LogP contribution in [0.2, 0.25) is 0 Å². The molecule has 1 aliphatic rings. The first-order chi connectivity index (χ1) is 9.90. The minimum absolute atomic E-state index is 0.0936. The third kappa shape index (κ3) is 3.44. The van der Waals surface area contributed by atoms with Gasteiger partial charge in [-0.15, -0.1) is 0 Å². The maximum Gasteiger partial charge on any atom is 0.244 e. The van der Waals surface area contributed by atoms with Crippen molar-refractivity contribution in [3.05, 3.63) is 24.0 Å². The van der Waals surface area contributed by atoms with Gasteiger partial charge in [-0.3, -0.25) is 14.5 Å². The summed E-state index contributed by atoms with van der Waals surface area (Å²) in [6.07, 6.45) is 2.07. The number of amides is 2. The summed E-state index contributed by atoms with van der Waals surface area (Å²) < 4.78 is 2.22. The first kappa shape index (κ1) is 15.6. The average Bonchev–Trinajstić information content (AvgIpc) is 2.90. The maximum atomic E-state index is 12.1. The lowest BCUT2D eigenvalue weighted by Crippen LogP contribution is -2.49. The van der Waals surface area contributed by atoms with E-state index in [4.69, 9.17) is 0 Å². The largest absolute Gasteiger partial charge is 0.349 e. The Kier molecular flexibility index (Phi) is 4.67. The molecule has 1 aliphatic heterocycles. The van der Waals surface area contributed by atoms with Crippen LogP contribution in [0, 0.1) is 0 Å². The number of rotatable bonds is 4. The van der Waals surface area contributed by atoms with Gasteiger partial charge in [-0.25, -0.2) is 0 Å². The van der Waals surface area contributed by atoms with Gasteiger partial charge in [0.05, 0.1) is 6.54 Å². The molecule has 2 rings (SSSR count). The van der Waals surface area contributed by atoms with E-state index in [1.165, 1.54) is 10.6 Å². The molecule has 116 valence electrons. The van der Waals surface area contributed by atoms with Crippen LogP contribution in [0.5, 0.6) is 0 Å². The van der Waals surface area contributed by atoms with Gasteiger partial charge in [0.1, 0.15) is 6.04 Å². The number of fused-ring (bicyclic) bond motifs is 1. The van der Waals surface area contributed by atoms with E-state index >= 15 is 0 Å². The fourth-order valence-electron chi connectivity index (χ4n) is 2.76. The van der Waals surface area contributed by atoms with Crippen molar-refractivity contribution in [2.45, 2.75) is 32.5 Å². The Morgan fingerprint density at radius 2 is 2.14 bits per heavy atom. The number of carbonyl (C=O) groups excluding carboxylic acids is 2. The molecule has 1 aromatic heterocycles. The van der Waals surface area contributed by atoms with Crippen molar-refractivity contribution < 1.29 is 9.59 Å². The standard InChI is InChI=1S/C15H24N4O2/c1-11(15(21)17(3)4)16-14(20)10-19-9-8-18-7-5-6-13(18)12(19)2/h5-7,11-12H,8-10H2,1-4H3,(H,16,20)/t11-,12+/m1/s1. The summed E-state index contributed by atoms with van der Waals surface area (Å²) in [6, 6.07) is 3.84. The fourth-order valence-corrected chi connectivity index (χ4v) is 2.76. The summed E-state index contributed by atoms with van der Waals surface area (Å²) in [5.41, 5.74) is 1.23. The van der Waals surface area contributed by atoms with E-state index in [-0.39, 0.29) is 17.9 Å². The Labute approximate surface area is 125 Å². The number of likely N-dealkylation sites (N-methyl/N-ethyl adjacent to an activating group) is 1. The lowest BCUT2D eigenvalue weighted by Gasteiger charge is -2.34. The molecule has 6 heteroatoms. The number of nitrogens with zero attached hydrogens (tertiary/aromatic N) is 3. The van der Waals surface area contributed by atoms with Crippen LogP contribution in [-0.4, -0.2) is 59.4 Å². The third-order valence-corrected chi connectivity index (χ3v) is 4.00. The highest BCUT2D eigenvalue weighted by Gasteiger charge is 2.26. The van der Waals surface area contributed by atoms with Crippen molar-refractivity contribution in [1.29, 1.82) is 0 Å². The summed E-state index contributed by atoms with van der Waals surface area (Å²) in [5, 5.41) is 2.77. The molecule has 2 heterocycles. The number of nitrogens with one attached hydrogen (secondary N) is 1. The molecule has 0 saturated heterocycles. The molecule has 0 saturated carbocycles. The van der Waals surface area contributed by atoms with Crippen LogP contribution >= 0.6 is 0 Å². The predicted octanol–water partition coefficient (Wildman–Crippen LogP) is 0.458. The van der Waals surface area contributed by atoms with Gasteiger partial charge in [0.25, 0.3) is 0 Å². The smallest absolute Gasteiger partial charge is 0.244 e. The number of hydrogen-bond acceptors (Lipinski definition) is 3. The topological polar surface area (TPSA) is 57.6 Å². The second kappa shape index (κ2) is 6.30. The molecule has 0 aliphatic carbocycles. The van der Waals surface area contributed by atoms with E-state index in [1.54, 1.807) is 21.0 Å². The van der Waals surface area contributed by atoms with Crippen LogP contribution in [0.3, 0.4) is 0 Å². The lowest BCUT2D eigenvalue weighted by molar-refractivity contribution is -0.134. The van der Waals surface area contributed by atoms with Crippen LogP contribution in [0.1, 0.15) is 25.6 Å². The summed E-state index contributed by atoms with van der Waals surface area (Å²) >= 11 is 0. The summed E-state index contributed by atoms with van der Waals surface area (Å²) in [6.45, 7) is 5.87. The van der Waals surface area contributed by atoms with Crippen molar-refractivity contribution in [2.75, 3.05) is 27.2 Å². The number of carbonyl (C=O) groups is 2. The van der Waals surface area contributed by atoms with Crippen LogP contribution in [0.25, 0.3) is 0 Å². The first-order valence-electron chi connectivity index (χ1n) is 7.29. The first-order valence-corrected chi connectivity index (χ1v) is 7.29. The van der Waals surface area contributed by atoms with Crippen molar-refractivity contribution in [3.63, 3.8) is 0 Å². The Bertz CT molecular complexity index is 523. The maximum absolute atomic E-state index is 12.1. The molecular weight excluding hydrogens is 268 g/mol. The van der Waals surface area contributed by atoms with E-state index < -0.39 is 6.04 Å². The van der Waals surface area contributed by atoms with Gasteiger partial charge >= 0.3 is 0 Å². The SMILES string of the molecule is C[C@@H](NC(=O)CN1CCn2cccc2[C@@H]1C)C(=O)N(C)C. The van der Waals surface area contributed by atoms with Gasteiger partial charge in [0.2, 0.25) is 11.8 Å². The molecule has 0 unspecified atom stereocenters. The highest BCUT2D eigenvalue weighted by Crippen LogP contribution is 2.24. The Hall–Kier alpha value is -1.82. The van der Waals surface area contributed by atoms with Crippen LogP contribution in [0.4, 0.5) is 0 Å². The van der Waals surface area contributed by atoms with Crippen LogP contribution in [-0.2, 0) is 16.1 Å². The summed E-state index contributed by atoms with van der Waals surface area (Å²) in [7, 11) is 3.37. The van der Waals surface area contributed by atoms with Gasteiger partial charge < -0.3 is 14.8 Å². The van der Waals surface area contributed by atoms with Gasteiger partial charge in [0, 0.05) is 45.1 Å². The second-order valence-electron chi connectivity index (χ2n) is 5.79.